The van der Waals surface area contributed by atoms with E-state index in [2.05, 4.69) is 5.92 Å². The number of methoxy groups -OCH3 is 1. The molecule has 0 aliphatic rings. The van der Waals surface area contributed by atoms with Crippen molar-refractivity contribution in [3.05, 3.63) is 23.8 Å². The quantitative estimate of drug-likeness (QED) is 0.783. The van der Waals surface area contributed by atoms with Crippen molar-refractivity contribution in [2.24, 2.45) is 5.73 Å². The van der Waals surface area contributed by atoms with Gasteiger partial charge in [0.1, 0.15) is 5.75 Å². The lowest BCUT2D eigenvalue weighted by atomic mass is 10.0. The zero-order valence-electron chi connectivity index (χ0n) is 10.0. The highest BCUT2D eigenvalue weighted by Gasteiger charge is 2.15. The molecule has 0 aliphatic carbocycles. The van der Waals surface area contributed by atoms with Crippen molar-refractivity contribution < 1.29 is 4.74 Å². The maximum atomic E-state index is 5.97. The number of rotatable bonds is 4. The van der Waals surface area contributed by atoms with Gasteiger partial charge in [0.25, 0.3) is 0 Å². The Labute approximate surface area is 97.2 Å². The van der Waals surface area contributed by atoms with Gasteiger partial charge in [-0.3, -0.25) is 0 Å². The molecular formula is C13H18N2O. The lowest BCUT2D eigenvalue weighted by Gasteiger charge is -2.23. The van der Waals surface area contributed by atoms with Crippen molar-refractivity contribution in [3.63, 3.8) is 0 Å². The highest BCUT2D eigenvalue weighted by molar-refractivity contribution is 5.60. The van der Waals surface area contributed by atoms with Gasteiger partial charge in [0.2, 0.25) is 0 Å². The average molecular weight is 218 g/mol. The molecule has 1 aromatic carbocycles. The van der Waals surface area contributed by atoms with E-state index in [-0.39, 0.29) is 6.04 Å². The Morgan fingerprint density at radius 2 is 2.25 bits per heavy atom. The minimum absolute atomic E-state index is 0.0913. The van der Waals surface area contributed by atoms with Crippen LogP contribution >= 0.6 is 0 Å². The first-order chi connectivity index (χ1) is 7.61. The van der Waals surface area contributed by atoms with Crippen molar-refractivity contribution in [1.82, 2.24) is 0 Å². The Kier molecular flexibility index (Phi) is 4.21. The van der Waals surface area contributed by atoms with E-state index in [4.69, 9.17) is 16.9 Å². The van der Waals surface area contributed by atoms with E-state index in [1.54, 1.807) is 7.11 Å². The minimum atomic E-state index is -0.0913. The molecule has 86 valence electrons. The Bertz CT molecular complexity index is 393. The first kappa shape index (κ1) is 12.4. The number of hydrogen-bond acceptors (Lipinski definition) is 3. The maximum absolute atomic E-state index is 5.97. The molecular weight excluding hydrogens is 200 g/mol. The summed E-state index contributed by atoms with van der Waals surface area (Å²) in [4.78, 5) is 1.99. The zero-order valence-corrected chi connectivity index (χ0v) is 10.0. The molecule has 3 heteroatoms. The van der Waals surface area contributed by atoms with Crippen LogP contribution in [0.1, 0.15) is 18.5 Å². The summed E-state index contributed by atoms with van der Waals surface area (Å²) in [5.41, 5.74) is 7.98. The molecule has 0 fully saturated rings. The SMILES string of the molecule is C#CCN(C)c1cccc(OC)c1C(C)N. The maximum Gasteiger partial charge on any atom is 0.125 e. The molecule has 2 N–H and O–H groups in total. The second kappa shape index (κ2) is 5.43. The molecule has 0 saturated heterocycles. The molecule has 0 amide bonds. The van der Waals surface area contributed by atoms with Crippen molar-refractivity contribution in [3.8, 4) is 18.1 Å². The Hall–Kier alpha value is -1.66. The predicted molar refractivity (Wildman–Crippen MR) is 67.7 cm³/mol. The van der Waals surface area contributed by atoms with Crippen LogP contribution in [0.25, 0.3) is 0 Å². The molecule has 3 nitrogen and oxygen atoms in total. The third-order valence-corrected chi connectivity index (χ3v) is 2.46. The third kappa shape index (κ3) is 2.47. The van der Waals surface area contributed by atoms with Gasteiger partial charge in [0, 0.05) is 24.3 Å². The van der Waals surface area contributed by atoms with Gasteiger partial charge in [0.05, 0.1) is 13.7 Å². The number of nitrogens with zero attached hydrogens (tertiary/aromatic N) is 1. The topological polar surface area (TPSA) is 38.5 Å². The van der Waals surface area contributed by atoms with Crippen LogP contribution in [0.4, 0.5) is 5.69 Å². The van der Waals surface area contributed by atoms with Crippen LogP contribution in [-0.4, -0.2) is 20.7 Å². The van der Waals surface area contributed by atoms with Crippen molar-refractivity contribution in [2.75, 3.05) is 25.6 Å². The van der Waals surface area contributed by atoms with Gasteiger partial charge in [-0.05, 0) is 19.1 Å². The average Bonchev–Trinajstić information content (AvgIpc) is 2.28. The van der Waals surface area contributed by atoms with Gasteiger partial charge >= 0.3 is 0 Å². The van der Waals surface area contributed by atoms with Gasteiger partial charge < -0.3 is 15.4 Å². The predicted octanol–water partition coefficient (Wildman–Crippen LogP) is 1.78. The molecule has 1 rings (SSSR count). The summed E-state index contributed by atoms with van der Waals surface area (Å²) < 4.78 is 5.32. The molecule has 16 heavy (non-hydrogen) atoms. The van der Waals surface area contributed by atoms with Crippen LogP contribution in [-0.2, 0) is 0 Å². The van der Waals surface area contributed by atoms with E-state index >= 15 is 0 Å². The van der Waals surface area contributed by atoms with Crippen molar-refractivity contribution >= 4 is 5.69 Å². The lowest BCUT2D eigenvalue weighted by Crippen LogP contribution is -2.21. The van der Waals surface area contributed by atoms with Crippen LogP contribution < -0.4 is 15.4 Å². The fourth-order valence-corrected chi connectivity index (χ4v) is 1.72. The van der Waals surface area contributed by atoms with Crippen LogP contribution in [0.5, 0.6) is 5.75 Å². The van der Waals surface area contributed by atoms with Gasteiger partial charge in [-0.1, -0.05) is 12.0 Å². The van der Waals surface area contributed by atoms with E-state index in [9.17, 15) is 0 Å². The number of anilines is 1. The fraction of sp³-hybridized carbons (Fsp3) is 0.385. The smallest absolute Gasteiger partial charge is 0.125 e. The molecule has 1 unspecified atom stereocenters. The lowest BCUT2D eigenvalue weighted by molar-refractivity contribution is 0.407. The largest absolute Gasteiger partial charge is 0.496 e. The summed E-state index contributed by atoms with van der Waals surface area (Å²) in [7, 11) is 3.59. The Balaban J connectivity index is 3.22. The van der Waals surface area contributed by atoms with Gasteiger partial charge in [-0.15, -0.1) is 6.42 Å². The standard InChI is InChI=1S/C13H18N2O/c1-5-9-15(3)11-7-6-8-12(16-4)13(11)10(2)14/h1,6-8,10H,9,14H2,2-4H3. The van der Waals surface area contributed by atoms with Crippen molar-refractivity contribution in [2.45, 2.75) is 13.0 Å². The summed E-state index contributed by atoms with van der Waals surface area (Å²) in [6.45, 7) is 2.48. The number of terminal acetylenes is 1. The normalized spacial score (nSPS) is 11.7. The van der Waals surface area contributed by atoms with Gasteiger partial charge in [-0.2, -0.15) is 0 Å². The molecule has 0 aliphatic heterocycles. The van der Waals surface area contributed by atoms with Gasteiger partial charge in [0.15, 0.2) is 0 Å². The summed E-state index contributed by atoms with van der Waals surface area (Å²) in [5, 5.41) is 0. The molecule has 0 aromatic heterocycles. The van der Waals surface area contributed by atoms with Crippen LogP contribution in [0, 0.1) is 12.3 Å². The first-order valence-electron chi connectivity index (χ1n) is 5.19. The van der Waals surface area contributed by atoms with E-state index < -0.39 is 0 Å². The number of ether oxygens (including phenoxy) is 1. The highest BCUT2D eigenvalue weighted by atomic mass is 16.5. The molecule has 0 saturated carbocycles. The third-order valence-electron chi connectivity index (χ3n) is 2.46. The molecule has 0 radical (unpaired) electrons. The van der Waals surface area contributed by atoms with Crippen LogP contribution in [0.3, 0.4) is 0 Å². The molecule has 0 spiro atoms. The van der Waals surface area contributed by atoms with E-state index in [1.807, 2.05) is 37.1 Å². The summed E-state index contributed by atoms with van der Waals surface area (Å²) in [5.74, 6) is 3.42. The summed E-state index contributed by atoms with van der Waals surface area (Å²) in [6, 6.07) is 5.75. The monoisotopic (exact) mass is 218 g/mol. The van der Waals surface area contributed by atoms with Crippen LogP contribution in [0.2, 0.25) is 0 Å². The van der Waals surface area contributed by atoms with Crippen molar-refractivity contribution in [1.29, 1.82) is 0 Å². The van der Waals surface area contributed by atoms with Crippen LogP contribution in [0.15, 0.2) is 18.2 Å². The van der Waals surface area contributed by atoms with Gasteiger partial charge in [-0.25, -0.2) is 0 Å². The molecule has 1 aromatic rings. The zero-order chi connectivity index (χ0) is 12.1. The van der Waals surface area contributed by atoms with E-state index in [0.717, 1.165) is 17.0 Å². The number of hydrogen-bond donors (Lipinski definition) is 1. The van der Waals surface area contributed by atoms with E-state index in [0.29, 0.717) is 6.54 Å². The second-order valence-electron chi connectivity index (χ2n) is 3.74. The fourth-order valence-electron chi connectivity index (χ4n) is 1.72. The molecule has 1 atom stereocenters. The number of benzene rings is 1. The number of nitrogens with two attached hydrogens (primary N) is 1. The minimum Gasteiger partial charge on any atom is -0.496 e. The Morgan fingerprint density at radius 1 is 1.56 bits per heavy atom. The highest BCUT2D eigenvalue weighted by Crippen LogP contribution is 2.32. The molecule has 0 bridgehead atoms. The first-order valence-corrected chi connectivity index (χ1v) is 5.19. The molecule has 0 heterocycles. The van der Waals surface area contributed by atoms with E-state index in [1.165, 1.54) is 0 Å². The summed E-state index contributed by atoms with van der Waals surface area (Å²) in [6.07, 6.45) is 5.31. The summed E-state index contributed by atoms with van der Waals surface area (Å²) >= 11 is 0. The Morgan fingerprint density at radius 3 is 2.75 bits per heavy atom. The second-order valence-corrected chi connectivity index (χ2v) is 3.74.